The highest BCUT2D eigenvalue weighted by molar-refractivity contribution is 4.85. The lowest BCUT2D eigenvalue weighted by Crippen LogP contribution is -2.46. The summed E-state index contributed by atoms with van der Waals surface area (Å²) >= 11 is 0. The quantitative estimate of drug-likeness (QED) is 0.664. The van der Waals surface area contributed by atoms with Crippen molar-refractivity contribution in [2.45, 2.75) is 58.9 Å². The van der Waals surface area contributed by atoms with E-state index in [0.29, 0.717) is 11.5 Å². The maximum absolute atomic E-state index is 9.29. The molecule has 3 heteroatoms. The van der Waals surface area contributed by atoms with Gasteiger partial charge in [0.25, 0.3) is 0 Å². The lowest BCUT2D eigenvalue weighted by atomic mass is 9.86. The number of hydrogen-bond donors (Lipinski definition) is 2. The highest BCUT2D eigenvalue weighted by atomic mass is 16.3. The van der Waals surface area contributed by atoms with Crippen molar-refractivity contribution in [3.63, 3.8) is 0 Å². The molecule has 1 fully saturated rings. The summed E-state index contributed by atoms with van der Waals surface area (Å²) in [5.41, 5.74) is 0.327. The summed E-state index contributed by atoms with van der Waals surface area (Å²) in [6, 6.07) is 0.713. The van der Waals surface area contributed by atoms with Crippen molar-refractivity contribution in [3.8, 4) is 0 Å². The molecule has 3 nitrogen and oxygen atoms in total. The first-order chi connectivity index (χ1) is 8.65. The Hall–Kier alpha value is -0.120. The minimum Gasteiger partial charge on any atom is -0.395 e. The molecular formula is C15H32N2O. The largest absolute Gasteiger partial charge is 0.395 e. The van der Waals surface area contributed by atoms with Gasteiger partial charge < -0.3 is 10.4 Å². The summed E-state index contributed by atoms with van der Waals surface area (Å²) in [7, 11) is 0. The van der Waals surface area contributed by atoms with Crippen LogP contribution in [-0.4, -0.2) is 48.8 Å². The van der Waals surface area contributed by atoms with Gasteiger partial charge in [-0.3, -0.25) is 4.90 Å². The fourth-order valence-electron chi connectivity index (χ4n) is 3.00. The van der Waals surface area contributed by atoms with Crippen molar-refractivity contribution in [3.05, 3.63) is 0 Å². The molecule has 0 aromatic rings. The second-order valence-corrected chi connectivity index (χ2v) is 6.08. The number of nitrogens with zero attached hydrogens (tertiary/aromatic N) is 1. The van der Waals surface area contributed by atoms with Crippen LogP contribution in [0.15, 0.2) is 0 Å². The molecule has 0 amide bonds. The summed E-state index contributed by atoms with van der Waals surface area (Å²) in [4.78, 5) is 2.54. The molecule has 1 atom stereocenters. The molecule has 0 aromatic heterocycles. The number of rotatable bonds is 9. The van der Waals surface area contributed by atoms with Crippen molar-refractivity contribution in [2.75, 3.05) is 32.8 Å². The summed E-state index contributed by atoms with van der Waals surface area (Å²) in [5.74, 6) is 0. The number of nitrogens with one attached hydrogen (secondary N) is 1. The Morgan fingerprint density at radius 2 is 1.94 bits per heavy atom. The number of hydrogen-bond acceptors (Lipinski definition) is 3. The van der Waals surface area contributed by atoms with Gasteiger partial charge in [-0.05, 0) is 31.2 Å². The molecule has 0 bridgehead atoms. The zero-order valence-corrected chi connectivity index (χ0v) is 12.5. The van der Waals surface area contributed by atoms with Gasteiger partial charge in [0, 0.05) is 25.7 Å². The average Bonchev–Trinajstić information content (AvgIpc) is 2.90. The maximum Gasteiger partial charge on any atom is 0.0558 e. The first kappa shape index (κ1) is 15.9. The topological polar surface area (TPSA) is 35.5 Å². The molecule has 108 valence electrons. The highest BCUT2D eigenvalue weighted by Gasteiger charge is 2.29. The fraction of sp³-hybridized carbons (Fsp3) is 1.00. The van der Waals surface area contributed by atoms with E-state index < -0.39 is 0 Å². The van der Waals surface area contributed by atoms with Gasteiger partial charge in [-0.25, -0.2) is 0 Å². The minimum absolute atomic E-state index is 0.289. The summed E-state index contributed by atoms with van der Waals surface area (Å²) in [5, 5.41) is 12.8. The van der Waals surface area contributed by atoms with Crippen LogP contribution in [0.3, 0.4) is 0 Å². The van der Waals surface area contributed by atoms with E-state index in [1.54, 1.807) is 0 Å². The van der Waals surface area contributed by atoms with Gasteiger partial charge in [0.05, 0.1) is 6.61 Å². The predicted octanol–water partition coefficient (Wildman–Crippen LogP) is 2.25. The molecule has 0 radical (unpaired) electrons. The SMILES string of the molecule is CCNCC(C)(CC)CN(CCO)C1CCCC1. The van der Waals surface area contributed by atoms with E-state index in [-0.39, 0.29) is 6.61 Å². The van der Waals surface area contributed by atoms with E-state index in [1.807, 2.05) is 0 Å². The molecule has 1 aliphatic carbocycles. The van der Waals surface area contributed by atoms with Crippen LogP contribution in [0, 0.1) is 5.41 Å². The zero-order chi connectivity index (χ0) is 13.4. The van der Waals surface area contributed by atoms with Crippen LogP contribution in [0.4, 0.5) is 0 Å². The van der Waals surface area contributed by atoms with E-state index in [9.17, 15) is 5.11 Å². The highest BCUT2D eigenvalue weighted by Crippen LogP contribution is 2.28. The number of aliphatic hydroxyl groups excluding tert-OH is 1. The van der Waals surface area contributed by atoms with E-state index in [4.69, 9.17) is 0 Å². The molecule has 1 saturated carbocycles. The van der Waals surface area contributed by atoms with Crippen molar-refractivity contribution in [1.29, 1.82) is 0 Å². The molecule has 0 saturated heterocycles. The maximum atomic E-state index is 9.29. The Kier molecular flexibility index (Phi) is 7.20. The number of aliphatic hydroxyl groups is 1. The normalized spacial score (nSPS) is 20.5. The predicted molar refractivity (Wildman–Crippen MR) is 77.9 cm³/mol. The van der Waals surface area contributed by atoms with E-state index in [2.05, 4.69) is 31.0 Å². The van der Waals surface area contributed by atoms with Crippen molar-refractivity contribution >= 4 is 0 Å². The standard InChI is InChI=1S/C15H32N2O/c1-4-15(3,12-16-5-2)13-17(10-11-18)14-8-6-7-9-14/h14,16,18H,4-13H2,1-3H3. The molecule has 0 aromatic carbocycles. The van der Waals surface area contributed by atoms with Crippen LogP contribution in [0.2, 0.25) is 0 Å². The van der Waals surface area contributed by atoms with Crippen LogP contribution >= 0.6 is 0 Å². The van der Waals surface area contributed by atoms with E-state index >= 15 is 0 Å². The van der Waals surface area contributed by atoms with E-state index in [0.717, 1.165) is 26.2 Å². The van der Waals surface area contributed by atoms with Gasteiger partial charge in [0.2, 0.25) is 0 Å². The van der Waals surface area contributed by atoms with Crippen molar-refractivity contribution < 1.29 is 5.11 Å². The molecule has 0 spiro atoms. The van der Waals surface area contributed by atoms with Crippen molar-refractivity contribution in [2.24, 2.45) is 5.41 Å². The monoisotopic (exact) mass is 256 g/mol. The molecule has 1 aliphatic rings. The Morgan fingerprint density at radius 3 is 2.44 bits per heavy atom. The summed E-state index contributed by atoms with van der Waals surface area (Å²) in [6.07, 6.45) is 6.56. The molecule has 1 rings (SSSR count). The first-order valence-electron chi connectivity index (χ1n) is 7.71. The third kappa shape index (κ3) is 4.87. The molecule has 0 aliphatic heterocycles. The summed E-state index contributed by atoms with van der Waals surface area (Å²) < 4.78 is 0. The lowest BCUT2D eigenvalue weighted by Gasteiger charge is -2.38. The van der Waals surface area contributed by atoms with Crippen molar-refractivity contribution in [1.82, 2.24) is 10.2 Å². The second kappa shape index (κ2) is 8.13. The minimum atomic E-state index is 0.289. The van der Waals surface area contributed by atoms with Crippen LogP contribution in [-0.2, 0) is 0 Å². The van der Waals surface area contributed by atoms with Gasteiger partial charge in [-0.1, -0.05) is 33.6 Å². The Labute approximate surface area is 113 Å². The van der Waals surface area contributed by atoms with Gasteiger partial charge in [0.15, 0.2) is 0 Å². The smallest absolute Gasteiger partial charge is 0.0558 e. The van der Waals surface area contributed by atoms with E-state index in [1.165, 1.54) is 32.1 Å². The van der Waals surface area contributed by atoms with Gasteiger partial charge in [0.1, 0.15) is 0 Å². The molecule has 0 heterocycles. The fourth-order valence-corrected chi connectivity index (χ4v) is 3.00. The molecule has 2 N–H and O–H groups in total. The Bertz CT molecular complexity index is 217. The third-order valence-electron chi connectivity index (χ3n) is 4.47. The zero-order valence-electron chi connectivity index (χ0n) is 12.5. The Morgan fingerprint density at radius 1 is 1.28 bits per heavy atom. The summed E-state index contributed by atoms with van der Waals surface area (Å²) in [6.45, 7) is 11.2. The molecule has 1 unspecified atom stereocenters. The molecule has 18 heavy (non-hydrogen) atoms. The third-order valence-corrected chi connectivity index (χ3v) is 4.47. The van der Waals surface area contributed by atoms with Crippen LogP contribution in [0.1, 0.15) is 52.9 Å². The van der Waals surface area contributed by atoms with Gasteiger partial charge in [-0.2, -0.15) is 0 Å². The lowest BCUT2D eigenvalue weighted by molar-refractivity contribution is 0.0933. The Balaban J connectivity index is 2.55. The average molecular weight is 256 g/mol. The molecular weight excluding hydrogens is 224 g/mol. The van der Waals surface area contributed by atoms with Crippen LogP contribution < -0.4 is 5.32 Å². The first-order valence-corrected chi connectivity index (χ1v) is 7.71. The van der Waals surface area contributed by atoms with Gasteiger partial charge >= 0.3 is 0 Å². The van der Waals surface area contributed by atoms with Crippen LogP contribution in [0.25, 0.3) is 0 Å². The van der Waals surface area contributed by atoms with Gasteiger partial charge in [-0.15, -0.1) is 0 Å². The second-order valence-electron chi connectivity index (χ2n) is 6.08. The van der Waals surface area contributed by atoms with Crippen LogP contribution in [0.5, 0.6) is 0 Å².